The Balaban J connectivity index is 1.23. The lowest BCUT2D eigenvalue weighted by Crippen LogP contribution is -2.48. The highest BCUT2D eigenvalue weighted by Gasteiger charge is 2.54. The molecule has 228 valence electrons. The zero-order valence-electron chi connectivity index (χ0n) is 25.6. The summed E-state index contributed by atoms with van der Waals surface area (Å²) >= 11 is 0. The van der Waals surface area contributed by atoms with Crippen LogP contribution in [0.5, 0.6) is 0 Å². The van der Waals surface area contributed by atoms with Crippen LogP contribution in [0.25, 0.3) is 0 Å². The van der Waals surface area contributed by atoms with Crippen molar-refractivity contribution in [1.29, 1.82) is 0 Å². The Morgan fingerprint density at radius 1 is 1.02 bits per heavy atom. The molecule has 4 rings (SSSR count). The van der Waals surface area contributed by atoms with Crippen LogP contribution in [0, 0.1) is 40.9 Å². The molecule has 0 aliphatic heterocycles. The fourth-order valence-electron chi connectivity index (χ4n) is 9.21. The highest BCUT2D eigenvalue weighted by molar-refractivity contribution is 5.81. The number of carbonyl (C=O) groups excluding carboxylic acids is 2. The molecule has 0 radical (unpaired) electrons. The average molecular weight is 559 g/mol. The Morgan fingerprint density at radius 2 is 1.80 bits per heavy atom. The van der Waals surface area contributed by atoms with Gasteiger partial charge >= 0.3 is 6.09 Å². The van der Waals surface area contributed by atoms with E-state index in [4.69, 9.17) is 16.2 Å². The summed E-state index contributed by atoms with van der Waals surface area (Å²) in [6.07, 6.45) is 18.8. The number of rotatable bonds is 13. The van der Waals surface area contributed by atoms with Crippen LogP contribution in [-0.2, 0) is 9.53 Å². The predicted octanol–water partition coefficient (Wildman–Crippen LogP) is 5.67. The second-order valence-electron chi connectivity index (χ2n) is 13.8. The molecular formula is C33H58N4O3. The fourth-order valence-corrected chi connectivity index (χ4v) is 9.21. The van der Waals surface area contributed by atoms with Crippen LogP contribution in [0.1, 0.15) is 111 Å². The smallest absolute Gasteiger partial charge is 0.407 e. The van der Waals surface area contributed by atoms with E-state index in [-0.39, 0.29) is 17.4 Å². The van der Waals surface area contributed by atoms with E-state index in [9.17, 15) is 9.59 Å². The SMILES string of the molecule is CCCCCC(C)C1CCC2C1CCC1C2CC=C2CC(OC(=O)NCCNC(=O)[C@@H](N)CCCN)CCC21C. The standard InChI is InChI=1S/C33H58N4O3/c1-4-5-6-8-22(2)25-12-13-27-26(25)14-15-29-28(27)11-10-23-21-24(16-17-33(23,29)3)40-32(39)37-20-19-36-31(38)30(35)9-7-18-34/h10,22,24-30H,4-9,11-21,34-35H2,1-3H3,(H,36,38)(H,37,39)/t22?,24?,25?,26?,27?,28?,29?,30-,33?/m0/s1. The van der Waals surface area contributed by atoms with Gasteiger partial charge in [-0.2, -0.15) is 0 Å². The first-order valence-corrected chi connectivity index (χ1v) is 16.7. The van der Waals surface area contributed by atoms with E-state index in [2.05, 4.69) is 37.5 Å². The molecule has 40 heavy (non-hydrogen) atoms. The molecule has 9 atom stereocenters. The zero-order valence-corrected chi connectivity index (χ0v) is 25.6. The van der Waals surface area contributed by atoms with Crippen molar-refractivity contribution in [2.75, 3.05) is 19.6 Å². The molecule has 0 spiro atoms. The fraction of sp³-hybridized carbons (Fsp3) is 0.879. The molecule has 2 amide bonds. The first-order valence-electron chi connectivity index (χ1n) is 16.7. The molecule has 4 aliphatic carbocycles. The molecule has 7 heteroatoms. The van der Waals surface area contributed by atoms with E-state index in [1.165, 1.54) is 63.4 Å². The van der Waals surface area contributed by atoms with Gasteiger partial charge in [0.25, 0.3) is 0 Å². The predicted molar refractivity (Wildman–Crippen MR) is 161 cm³/mol. The van der Waals surface area contributed by atoms with Crippen LogP contribution < -0.4 is 22.1 Å². The topological polar surface area (TPSA) is 119 Å². The number of amides is 2. The van der Waals surface area contributed by atoms with Crippen LogP contribution in [0.4, 0.5) is 4.79 Å². The second-order valence-corrected chi connectivity index (χ2v) is 13.8. The Morgan fingerprint density at radius 3 is 2.58 bits per heavy atom. The van der Waals surface area contributed by atoms with Crippen LogP contribution in [0.3, 0.4) is 0 Å². The first-order chi connectivity index (χ1) is 19.3. The van der Waals surface area contributed by atoms with Crippen molar-refractivity contribution in [3.05, 3.63) is 11.6 Å². The molecule has 3 saturated carbocycles. The highest BCUT2D eigenvalue weighted by Crippen LogP contribution is 2.63. The normalized spacial score (nSPS) is 34.5. The van der Waals surface area contributed by atoms with Crippen molar-refractivity contribution in [1.82, 2.24) is 10.6 Å². The van der Waals surface area contributed by atoms with E-state index in [1.54, 1.807) is 0 Å². The van der Waals surface area contributed by atoms with E-state index in [0.717, 1.165) is 61.2 Å². The van der Waals surface area contributed by atoms with Crippen LogP contribution in [-0.4, -0.2) is 43.8 Å². The van der Waals surface area contributed by atoms with Gasteiger partial charge in [0, 0.05) is 19.5 Å². The average Bonchev–Trinajstić information content (AvgIpc) is 3.39. The third kappa shape index (κ3) is 7.24. The highest BCUT2D eigenvalue weighted by atomic mass is 16.6. The number of fused-ring (bicyclic) bond motifs is 5. The Bertz CT molecular complexity index is 878. The molecule has 0 aromatic carbocycles. The lowest BCUT2D eigenvalue weighted by atomic mass is 9.50. The molecule has 0 saturated heterocycles. The van der Waals surface area contributed by atoms with Gasteiger partial charge in [0.05, 0.1) is 6.04 Å². The summed E-state index contributed by atoms with van der Waals surface area (Å²) in [7, 11) is 0. The number of alkyl carbamates (subject to hydrolysis) is 1. The largest absolute Gasteiger partial charge is 0.446 e. The molecule has 4 aliphatic rings. The maximum absolute atomic E-state index is 12.5. The lowest BCUT2D eigenvalue weighted by molar-refractivity contribution is -0.122. The maximum Gasteiger partial charge on any atom is 0.407 e. The quantitative estimate of drug-likeness (QED) is 0.172. The maximum atomic E-state index is 12.5. The van der Waals surface area contributed by atoms with Crippen LogP contribution in [0.15, 0.2) is 11.6 Å². The summed E-state index contributed by atoms with van der Waals surface area (Å²) in [5.74, 6) is 5.13. The van der Waals surface area contributed by atoms with Gasteiger partial charge in [0.1, 0.15) is 6.10 Å². The minimum Gasteiger partial charge on any atom is -0.446 e. The number of unbranched alkanes of at least 4 members (excludes halogenated alkanes) is 2. The van der Waals surface area contributed by atoms with Crippen molar-refractivity contribution in [3.63, 3.8) is 0 Å². The third-order valence-electron chi connectivity index (χ3n) is 11.4. The summed E-state index contributed by atoms with van der Waals surface area (Å²) in [6, 6.07) is -0.556. The van der Waals surface area contributed by atoms with Crippen molar-refractivity contribution in [3.8, 4) is 0 Å². The van der Waals surface area contributed by atoms with Crippen LogP contribution >= 0.6 is 0 Å². The van der Waals surface area contributed by atoms with Gasteiger partial charge in [-0.15, -0.1) is 0 Å². The molecule has 0 aromatic heterocycles. The minimum absolute atomic E-state index is 0.0636. The van der Waals surface area contributed by atoms with Gasteiger partial charge < -0.3 is 26.8 Å². The molecule has 7 nitrogen and oxygen atoms in total. The molecular weight excluding hydrogens is 500 g/mol. The van der Waals surface area contributed by atoms with Gasteiger partial charge in [-0.05, 0) is 105 Å². The Kier molecular flexibility index (Phi) is 11.4. The zero-order chi connectivity index (χ0) is 28.7. The number of carbonyl (C=O) groups is 2. The van der Waals surface area contributed by atoms with Gasteiger partial charge in [0.2, 0.25) is 5.91 Å². The van der Waals surface area contributed by atoms with Crippen molar-refractivity contribution in [2.24, 2.45) is 52.4 Å². The Hall–Kier alpha value is -1.60. The second kappa shape index (κ2) is 14.5. The summed E-state index contributed by atoms with van der Waals surface area (Å²) in [5, 5.41) is 5.56. The molecule has 3 fully saturated rings. The molecule has 8 unspecified atom stereocenters. The van der Waals surface area contributed by atoms with Gasteiger partial charge in [0.15, 0.2) is 0 Å². The molecule has 0 bridgehead atoms. The number of ether oxygens (including phenoxy) is 1. The monoisotopic (exact) mass is 558 g/mol. The minimum atomic E-state index is -0.556. The van der Waals surface area contributed by atoms with Gasteiger partial charge in [-0.1, -0.05) is 58.1 Å². The summed E-state index contributed by atoms with van der Waals surface area (Å²) in [6.45, 7) is 8.56. The van der Waals surface area contributed by atoms with Gasteiger partial charge in [-0.3, -0.25) is 4.79 Å². The number of hydrogen-bond donors (Lipinski definition) is 4. The number of hydrogen-bond acceptors (Lipinski definition) is 5. The number of nitrogens with one attached hydrogen (secondary N) is 2. The third-order valence-corrected chi connectivity index (χ3v) is 11.4. The van der Waals surface area contributed by atoms with Gasteiger partial charge in [-0.25, -0.2) is 4.79 Å². The lowest BCUT2D eigenvalue weighted by Gasteiger charge is -2.55. The van der Waals surface area contributed by atoms with E-state index in [1.807, 2.05) is 0 Å². The van der Waals surface area contributed by atoms with E-state index < -0.39 is 12.1 Å². The van der Waals surface area contributed by atoms with Crippen molar-refractivity contribution in [2.45, 2.75) is 123 Å². The first kappa shape index (κ1) is 31.3. The van der Waals surface area contributed by atoms with E-state index in [0.29, 0.717) is 26.1 Å². The molecule has 6 N–H and O–H groups in total. The van der Waals surface area contributed by atoms with Crippen molar-refractivity contribution >= 4 is 12.0 Å². The molecule has 0 aromatic rings. The van der Waals surface area contributed by atoms with E-state index >= 15 is 0 Å². The van der Waals surface area contributed by atoms with Crippen LogP contribution in [0.2, 0.25) is 0 Å². The van der Waals surface area contributed by atoms with Crippen molar-refractivity contribution < 1.29 is 14.3 Å². The Labute approximate surface area is 243 Å². The molecule has 0 heterocycles. The summed E-state index contributed by atoms with van der Waals surface area (Å²) in [5.41, 5.74) is 13.1. The summed E-state index contributed by atoms with van der Waals surface area (Å²) < 4.78 is 5.84. The summed E-state index contributed by atoms with van der Waals surface area (Å²) in [4.78, 5) is 24.5. The number of allylic oxidation sites excluding steroid dienone is 1. The number of nitrogens with two attached hydrogens (primary N) is 2.